The van der Waals surface area contributed by atoms with Gasteiger partial charge in [0.05, 0.1) is 11.9 Å². The zero-order valence-corrected chi connectivity index (χ0v) is 13.8. The zero-order chi connectivity index (χ0) is 17.2. The highest BCUT2D eigenvalue weighted by Gasteiger charge is 2.24. The van der Waals surface area contributed by atoms with E-state index >= 15 is 0 Å². The molecule has 4 heterocycles. The first-order valence-electron chi connectivity index (χ1n) is 8.30. The van der Waals surface area contributed by atoms with Crippen LogP contribution in [0.5, 0.6) is 0 Å². The third-order valence-electron chi connectivity index (χ3n) is 4.57. The summed E-state index contributed by atoms with van der Waals surface area (Å²) in [4.78, 5) is 25.7. The molecule has 1 saturated heterocycles. The van der Waals surface area contributed by atoms with Gasteiger partial charge in [-0.2, -0.15) is 0 Å². The van der Waals surface area contributed by atoms with Gasteiger partial charge in [0, 0.05) is 54.2 Å². The molecular formula is C19H19N5O. The monoisotopic (exact) mass is 333 g/mol. The van der Waals surface area contributed by atoms with Crippen molar-refractivity contribution < 1.29 is 4.79 Å². The molecule has 1 fully saturated rings. The summed E-state index contributed by atoms with van der Waals surface area (Å²) in [5.74, 6) is -0.120. The Labute approximate surface area is 145 Å². The molecule has 0 aromatic carbocycles. The Morgan fingerprint density at radius 1 is 1.44 bits per heavy atom. The summed E-state index contributed by atoms with van der Waals surface area (Å²) in [6.45, 7) is 5.17. The fourth-order valence-corrected chi connectivity index (χ4v) is 3.30. The van der Waals surface area contributed by atoms with Gasteiger partial charge in [-0.05, 0) is 24.6 Å². The van der Waals surface area contributed by atoms with E-state index in [2.05, 4.69) is 37.8 Å². The van der Waals surface area contributed by atoms with Crippen molar-refractivity contribution in [1.82, 2.24) is 20.3 Å². The van der Waals surface area contributed by atoms with Gasteiger partial charge < -0.3 is 15.2 Å². The molecule has 0 aliphatic carbocycles. The largest absolute Gasteiger partial charge is 0.368 e. The van der Waals surface area contributed by atoms with E-state index in [1.807, 2.05) is 30.7 Å². The standard InChI is InChI=1S/C19H19N5O/c1-2-18(25)23-14-5-7-24(12-14)15-8-16-17(11-22-19(16)21-10-15)13-4-3-6-20-9-13/h2-4,6,8-11,14H,1,5,7,12H2,(H,21,22)(H,23,25)/t14-/m1/s1. The lowest BCUT2D eigenvalue weighted by atomic mass is 10.1. The third kappa shape index (κ3) is 2.98. The van der Waals surface area contributed by atoms with Crippen LogP contribution in [0.4, 0.5) is 5.69 Å². The van der Waals surface area contributed by atoms with E-state index in [9.17, 15) is 4.79 Å². The highest BCUT2D eigenvalue weighted by Crippen LogP contribution is 2.30. The van der Waals surface area contributed by atoms with Crippen molar-refractivity contribution in [2.45, 2.75) is 12.5 Å². The Bertz CT molecular complexity index is 918. The van der Waals surface area contributed by atoms with E-state index in [0.29, 0.717) is 0 Å². The van der Waals surface area contributed by atoms with Gasteiger partial charge in [-0.15, -0.1) is 0 Å². The number of carbonyl (C=O) groups is 1. The van der Waals surface area contributed by atoms with E-state index in [1.165, 1.54) is 6.08 Å². The Hall–Kier alpha value is -3.15. The van der Waals surface area contributed by atoms with Gasteiger partial charge in [0.25, 0.3) is 0 Å². The SMILES string of the molecule is C=CC(=O)N[C@@H]1CCN(c2cnc3[nH]cc(-c4cccnc4)c3c2)C1. The minimum Gasteiger partial charge on any atom is -0.368 e. The van der Waals surface area contributed by atoms with Crippen LogP contribution in [0.2, 0.25) is 0 Å². The van der Waals surface area contributed by atoms with Crippen LogP contribution in [-0.4, -0.2) is 40.0 Å². The van der Waals surface area contributed by atoms with E-state index in [4.69, 9.17) is 0 Å². The van der Waals surface area contributed by atoms with E-state index in [1.54, 1.807) is 6.20 Å². The third-order valence-corrected chi connectivity index (χ3v) is 4.57. The molecule has 1 atom stereocenters. The molecule has 126 valence electrons. The second-order valence-corrected chi connectivity index (χ2v) is 6.18. The average molecular weight is 333 g/mol. The molecule has 0 saturated carbocycles. The molecule has 0 spiro atoms. The molecule has 3 aromatic rings. The number of nitrogens with one attached hydrogen (secondary N) is 2. The van der Waals surface area contributed by atoms with Gasteiger partial charge in [0.1, 0.15) is 5.65 Å². The van der Waals surface area contributed by atoms with Crippen LogP contribution in [0.25, 0.3) is 22.2 Å². The molecule has 0 unspecified atom stereocenters. The number of rotatable bonds is 4. The van der Waals surface area contributed by atoms with Crippen molar-refractivity contribution in [2.24, 2.45) is 0 Å². The number of nitrogens with zero attached hydrogens (tertiary/aromatic N) is 3. The van der Waals surface area contributed by atoms with Gasteiger partial charge in [0.2, 0.25) is 5.91 Å². The summed E-state index contributed by atoms with van der Waals surface area (Å²) >= 11 is 0. The summed E-state index contributed by atoms with van der Waals surface area (Å²) in [6.07, 6.45) is 9.70. The number of pyridine rings is 2. The fourth-order valence-electron chi connectivity index (χ4n) is 3.30. The second-order valence-electron chi connectivity index (χ2n) is 6.18. The average Bonchev–Trinajstić information content (AvgIpc) is 3.28. The molecule has 6 heteroatoms. The molecule has 0 radical (unpaired) electrons. The van der Waals surface area contributed by atoms with Crippen LogP contribution in [0, 0.1) is 0 Å². The van der Waals surface area contributed by atoms with Crippen LogP contribution in [0.1, 0.15) is 6.42 Å². The molecule has 6 nitrogen and oxygen atoms in total. The quantitative estimate of drug-likeness (QED) is 0.720. The van der Waals surface area contributed by atoms with Crippen LogP contribution >= 0.6 is 0 Å². The highest BCUT2D eigenvalue weighted by molar-refractivity contribution is 5.95. The summed E-state index contributed by atoms with van der Waals surface area (Å²) < 4.78 is 0. The predicted molar refractivity (Wildman–Crippen MR) is 98.3 cm³/mol. The number of hydrogen-bond donors (Lipinski definition) is 2. The van der Waals surface area contributed by atoms with Crippen molar-refractivity contribution in [2.75, 3.05) is 18.0 Å². The van der Waals surface area contributed by atoms with Gasteiger partial charge in [-0.1, -0.05) is 12.6 Å². The summed E-state index contributed by atoms with van der Waals surface area (Å²) in [6, 6.07) is 6.27. The van der Waals surface area contributed by atoms with E-state index in [-0.39, 0.29) is 11.9 Å². The topological polar surface area (TPSA) is 73.9 Å². The summed E-state index contributed by atoms with van der Waals surface area (Å²) in [5.41, 5.74) is 4.07. The Kier molecular flexibility index (Phi) is 3.93. The van der Waals surface area contributed by atoms with Crippen LogP contribution < -0.4 is 10.2 Å². The van der Waals surface area contributed by atoms with Gasteiger partial charge in [-0.3, -0.25) is 9.78 Å². The first-order chi connectivity index (χ1) is 12.2. The predicted octanol–water partition coefficient (Wildman–Crippen LogP) is 2.51. The first-order valence-corrected chi connectivity index (χ1v) is 8.30. The molecule has 0 bridgehead atoms. The van der Waals surface area contributed by atoms with Crippen molar-refractivity contribution in [1.29, 1.82) is 0 Å². The highest BCUT2D eigenvalue weighted by atomic mass is 16.1. The van der Waals surface area contributed by atoms with E-state index in [0.717, 1.165) is 47.4 Å². The lowest BCUT2D eigenvalue weighted by Crippen LogP contribution is -2.36. The number of H-pyrrole nitrogens is 1. The minimum atomic E-state index is -0.120. The van der Waals surface area contributed by atoms with Gasteiger partial charge in [0.15, 0.2) is 0 Å². The normalized spacial score (nSPS) is 17.0. The lowest BCUT2D eigenvalue weighted by molar-refractivity contribution is -0.117. The maximum atomic E-state index is 11.5. The van der Waals surface area contributed by atoms with E-state index < -0.39 is 0 Å². The molecule has 1 aliphatic rings. The van der Waals surface area contributed by atoms with Crippen molar-refractivity contribution in [3.8, 4) is 11.1 Å². The molecule has 3 aromatic heterocycles. The molecule has 4 rings (SSSR count). The number of anilines is 1. The number of aromatic nitrogens is 3. The lowest BCUT2D eigenvalue weighted by Gasteiger charge is -2.18. The van der Waals surface area contributed by atoms with Crippen LogP contribution in [0.3, 0.4) is 0 Å². The van der Waals surface area contributed by atoms with Gasteiger partial charge >= 0.3 is 0 Å². The molecular weight excluding hydrogens is 314 g/mol. The number of hydrogen-bond acceptors (Lipinski definition) is 4. The van der Waals surface area contributed by atoms with Crippen molar-refractivity contribution >= 4 is 22.6 Å². The van der Waals surface area contributed by atoms with Crippen molar-refractivity contribution in [3.63, 3.8) is 0 Å². The van der Waals surface area contributed by atoms with Crippen LogP contribution in [0.15, 0.2) is 55.6 Å². The maximum Gasteiger partial charge on any atom is 0.243 e. The molecule has 25 heavy (non-hydrogen) atoms. The van der Waals surface area contributed by atoms with Gasteiger partial charge in [-0.25, -0.2) is 4.98 Å². The Morgan fingerprint density at radius 2 is 2.36 bits per heavy atom. The Morgan fingerprint density at radius 3 is 3.16 bits per heavy atom. The smallest absolute Gasteiger partial charge is 0.243 e. The molecule has 2 N–H and O–H groups in total. The minimum absolute atomic E-state index is 0.120. The summed E-state index contributed by atoms with van der Waals surface area (Å²) in [5, 5.41) is 4.04. The maximum absolute atomic E-state index is 11.5. The Balaban J connectivity index is 1.61. The fraction of sp³-hybridized carbons (Fsp3) is 0.211. The van der Waals surface area contributed by atoms with Crippen LogP contribution in [-0.2, 0) is 4.79 Å². The molecule has 1 amide bonds. The zero-order valence-electron chi connectivity index (χ0n) is 13.8. The number of amides is 1. The van der Waals surface area contributed by atoms with Crippen molar-refractivity contribution in [3.05, 3.63) is 55.6 Å². The number of fused-ring (bicyclic) bond motifs is 1. The summed E-state index contributed by atoms with van der Waals surface area (Å²) in [7, 11) is 0. The second kappa shape index (κ2) is 6.39. The molecule has 1 aliphatic heterocycles. The number of aromatic amines is 1. The number of carbonyl (C=O) groups excluding carboxylic acids is 1. The first kappa shape index (κ1) is 15.4.